The van der Waals surface area contributed by atoms with E-state index in [-0.39, 0.29) is 12.4 Å². The Kier molecular flexibility index (Phi) is 12.3. The van der Waals surface area contributed by atoms with Crippen molar-refractivity contribution in [2.75, 3.05) is 18.6 Å². The molecule has 0 heterocycles. The largest absolute Gasteiger partial charge is 0.489 e. The topological polar surface area (TPSA) is 71.3 Å². The first-order chi connectivity index (χ1) is 19.3. The molecule has 0 aromatic heterocycles. The van der Waals surface area contributed by atoms with Crippen molar-refractivity contribution in [3.8, 4) is 28.7 Å². The SMILES string of the molecule is C=S(C)(=O)CCCNCc1ccc(OCc2cccc(-c3ccccc3)c2Br)cc1OCc1cccc(C#N)c1.Cl. The Morgan fingerprint density at radius 1 is 0.927 bits per heavy atom. The van der Waals surface area contributed by atoms with Gasteiger partial charge in [-0.15, -0.1) is 12.4 Å². The Balaban J connectivity index is 0.00000462. The van der Waals surface area contributed by atoms with Crippen molar-refractivity contribution in [2.45, 2.75) is 26.2 Å². The van der Waals surface area contributed by atoms with Crippen molar-refractivity contribution in [1.29, 1.82) is 5.26 Å². The van der Waals surface area contributed by atoms with Gasteiger partial charge in [0.05, 0.1) is 11.6 Å². The van der Waals surface area contributed by atoms with Crippen molar-refractivity contribution in [3.63, 3.8) is 0 Å². The second-order valence-corrected chi connectivity index (χ2v) is 13.3. The molecule has 0 aliphatic carbocycles. The highest BCUT2D eigenvalue weighted by molar-refractivity contribution is 9.10. The van der Waals surface area contributed by atoms with Crippen LogP contribution in [-0.2, 0) is 29.3 Å². The van der Waals surface area contributed by atoms with Crippen molar-refractivity contribution < 1.29 is 13.7 Å². The van der Waals surface area contributed by atoms with E-state index in [1.54, 1.807) is 12.3 Å². The van der Waals surface area contributed by atoms with Crippen molar-refractivity contribution >= 4 is 43.7 Å². The molecular weight excluding hydrogens is 620 g/mol. The van der Waals surface area contributed by atoms with Crippen LogP contribution in [0.25, 0.3) is 11.1 Å². The highest BCUT2D eigenvalue weighted by Crippen LogP contribution is 2.32. The summed E-state index contributed by atoms with van der Waals surface area (Å²) in [4.78, 5) is 0. The average Bonchev–Trinajstić information content (AvgIpc) is 2.96. The molecule has 0 aliphatic heterocycles. The third kappa shape index (κ3) is 9.94. The van der Waals surface area contributed by atoms with Crippen LogP contribution in [-0.4, -0.2) is 28.6 Å². The molecule has 4 aromatic rings. The quantitative estimate of drug-likeness (QED) is 0.120. The Labute approximate surface area is 258 Å². The van der Waals surface area contributed by atoms with Crippen LogP contribution in [0.4, 0.5) is 0 Å². The van der Waals surface area contributed by atoms with E-state index in [1.807, 2.05) is 60.7 Å². The number of hydrogen-bond acceptors (Lipinski definition) is 5. The van der Waals surface area contributed by atoms with E-state index in [0.717, 1.165) is 45.3 Å². The fraction of sp³-hybridized carbons (Fsp3) is 0.212. The average molecular weight is 654 g/mol. The lowest BCUT2D eigenvalue weighted by Crippen LogP contribution is -2.18. The summed E-state index contributed by atoms with van der Waals surface area (Å²) in [5, 5.41) is 12.6. The van der Waals surface area contributed by atoms with Gasteiger partial charge >= 0.3 is 0 Å². The summed E-state index contributed by atoms with van der Waals surface area (Å²) in [5.41, 5.74) is 5.80. The lowest BCUT2D eigenvalue weighted by Gasteiger charge is -2.16. The molecule has 5 nitrogen and oxygen atoms in total. The maximum Gasteiger partial charge on any atom is 0.127 e. The van der Waals surface area contributed by atoms with Crippen LogP contribution < -0.4 is 14.8 Å². The van der Waals surface area contributed by atoms with Gasteiger partial charge in [-0.05, 0) is 79.2 Å². The van der Waals surface area contributed by atoms with Gasteiger partial charge in [-0.3, -0.25) is 4.21 Å². The number of benzene rings is 4. The molecule has 1 N–H and O–H groups in total. The molecule has 0 bridgehead atoms. The van der Waals surface area contributed by atoms with Gasteiger partial charge in [0, 0.05) is 40.2 Å². The molecule has 0 saturated heterocycles. The summed E-state index contributed by atoms with van der Waals surface area (Å²) >= 11 is 3.78. The van der Waals surface area contributed by atoms with Gasteiger partial charge in [0.1, 0.15) is 24.7 Å². The zero-order chi connectivity index (χ0) is 28.4. The highest BCUT2D eigenvalue weighted by atomic mass is 79.9. The van der Waals surface area contributed by atoms with Gasteiger partial charge < -0.3 is 14.8 Å². The Morgan fingerprint density at radius 2 is 1.71 bits per heavy atom. The van der Waals surface area contributed by atoms with Crippen LogP contribution in [0.15, 0.2) is 95.5 Å². The lowest BCUT2D eigenvalue weighted by atomic mass is 10.0. The minimum Gasteiger partial charge on any atom is -0.489 e. The summed E-state index contributed by atoms with van der Waals surface area (Å²) in [6.07, 6.45) is 2.48. The fourth-order valence-corrected chi connectivity index (χ4v) is 5.58. The highest BCUT2D eigenvalue weighted by Gasteiger charge is 2.11. The van der Waals surface area contributed by atoms with Crippen molar-refractivity contribution in [2.24, 2.45) is 0 Å². The van der Waals surface area contributed by atoms with Gasteiger partial charge in [0.2, 0.25) is 0 Å². The molecule has 0 amide bonds. The minimum absolute atomic E-state index is 0. The molecule has 214 valence electrons. The molecule has 41 heavy (non-hydrogen) atoms. The first-order valence-electron chi connectivity index (χ1n) is 13.0. The first kappa shape index (κ1) is 32.2. The van der Waals surface area contributed by atoms with E-state index in [2.05, 4.69) is 57.5 Å². The molecule has 0 radical (unpaired) electrons. The second kappa shape index (κ2) is 15.6. The zero-order valence-electron chi connectivity index (χ0n) is 23.0. The lowest BCUT2D eigenvalue weighted by molar-refractivity contribution is 0.287. The molecule has 1 unspecified atom stereocenters. The maximum atomic E-state index is 11.9. The smallest absolute Gasteiger partial charge is 0.127 e. The summed E-state index contributed by atoms with van der Waals surface area (Å²) in [6.45, 7) is 2.05. The van der Waals surface area contributed by atoms with Gasteiger partial charge in [-0.2, -0.15) is 5.26 Å². The second-order valence-electron chi connectivity index (χ2n) is 9.72. The minimum atomic E-state index is -1.99. The zero-order valence-corrected chi connectivity index (χ0v) is 26.2. The number of nitrogens with zero attached hydrogens (tertiary/aromatic N) is 1. The van der Waals surface area contributed by atoms with E-state index in [1.165, 1.54) is 0 Å². The maximum absolute atomic E-state index is 11.9. The third-order valence-electron chi connectivity index (χ3n) is 6.29. The predicted molar refractivity (Wildman–Crippen MR) is 175 cm³/mol. The van der Waals surface area contributed by atoms with Crippen LogP contribution in [0.5, 0.6) is 11.5 Å². The first-order valence-corrected chi connectivity index (χ1v) is 16.1. The van der Waals surface area contributed by atoms with Gasteiger partial charge in [0.25, 0.3) is 0 Å². The molecule has 4 rings (SSSR count). The summed E-state index contributed by atoms with van der Waals surface area (Å²) in [7, 11) is -1.99. The number of ether oxygens (including phenoxy) is 2. The van der Waals surface area contributed by atoms with E-state index >= 15 is 0 Å². The van der Waals surface area contributed by atoms with Crippen LogP contribution in [0.1, 0.15) is 28.7 Å². The summed E-state index contributed by atoms with van der Waals surface area (Å²) < 4.78 is 25.3. The molecule has 0 saturated carbocycles. The number of nitrogens with one attached hydrogen (secondary N) is 1. The van der Waals surface area contributed by atoms with Gasteiger partial charge in [0.15, 0.2) is 0 Å². The third-order valence-corrected chi connectivity index (χ3v) is 8.38. The van der Waals surface area contributed by atoms with Gasteiger partial charge in [-0.1, -0.05) is 66.7 Å². The molecule has 8 heteroatoms. The van der Waals surface area contributed by atoms with E-state index in [4.69, 9.17) is 9.47 Å². The van der Waals surface area contributed by atoms with Crippen LogP contribution >= 0.6 is 28.3 Å². The summed E-state index contributed by atoms with van der Waals surface area (Å²) in [5.74, 6) is 5.72. The molecule has 1 atom stereocenters. The molecular formula is C33H34BrClN2O3S. The van der Waals surface area contributed by atoms with E-state index < -0.39 is 9.52 Å². The number of hydrogen-bond donors (Lipinski definition) is 1. The molecule has 0 spiro atoms. The monoisotopic (exact) mass is 652 g/mol. The van der Waals surface area contributed by atoms with E-state index in [9.17, 15) is 9.47 Å². The summed E-state index contributed by atoms with van der Waals surface area (Å²) in [6, 6.07) is 31.9. The van der Waals surface area contributed by atoms with Crippen LogP contribution in [0.2, 0.25) is 0 Å². The van der Waals surface area contributed by atoms with Crippen molar-refractivity contribution in [3.05, 3.63) is 118 Å². The number of halogens is 2. The number of nitriles is 1. The Bertz CT molecular complexity index is 1590. The van der Waals surface area contributed by atoms with Crippen molar-refractivity contribution in [1.82, 2.24) is 5.32 Å². The van der Waals surface area contributed by atoms with E-state index in [0.29, 0.717) is 42.6 Å². The Morgan fingerprint density at radius 3 is 2.46 bits per heavy atom. The molecule has 4 aromatic carbocycles. The standard InChI is InChI=1S/C33H33BrN2O3S.ClH/c1-40(2,37)18-8-17-36-22-28-15-16-30(20-32(28)39-23-26-10-6-9-25(19-26)21-35)38-24-29-13-7-14-31(33(29)34)27-11-4-3-5-12-27;/h3-7,9-16,19-20,36H,1,8,17-18,22-24H2,2H3;1H. The fourth-order valence-electron chi connectivity index (χ4n) is 4.22. The van der Waals surface area contributed by atoms with Crippen LogP contribution in [0, 0.1) is 11.3 Å². The molecule has 0 aliphatic rings. The predicted octanol–water partition coefficient (Wildman–Crippen LogP) is 7.39. The normalized spacial score (nSPS) is 12.0. The molecule has 0 fully saturated rings. The van der Waals surface area contributed by atoms with Crippen LogP contribution in [0.3, 0.4) is 0 Å². The van der Waals surface area contributed by atoms with Gasteiger partial charge in [-0.25, -0.2) is 0 Å². The number of rotatable bonds is 13. The Hall–Kier alpha value is -3.28.